The SMILES string of the molecule is CC1CN(C2CC(c3ccc(C(F)(F)F)cc3)Cc3c2cc2cc(Cl)ccc2[n+]3[O-])CCN1c1ccc(Cl)cc1.O. The average molecular weight is 605 g/mol. The zero-order chi connectivity index (χ0) is 28.2. The molecule has 6 rings (SSSR count). The third-order valence-corrected chi connectivity index (χ3v) is 8.86. The molecule has 3 atom stereocenters. The zero-order valence-electron chi connectivity index (χ0n) is 22.3. The Kier molecular flexibility index (Phi) is 8.14. The summed E-state index contributed by atoms with van der Waals surface area (Å²) < 4.78 is 40.7. The number of benzene rings is 3. The van der Waals surface area contributed by atoms with Crippen molar-refractivity contribution in [3.8, 4) is 0 Å². The number of rotatable bonds is 3. The molecule has 2 aliphatic rings. The van der Waals surface area contributed by atoms with Crippen LogP contribution in [0.4, 0.5) is 18.9 Å². The number of aromatic nitrogens is 1. The maximum atomic E-state index is 13.7. The van der Waals surface area contributed by atoms with Crippen molar-refractivity contribution in [2.75, 3.05) is 24.5 Å². The van der Waals surface area contributed by atoms with Gasteiger partial charge in [0.1, 0.15) is 0 Å². The van der Waals surface area contributed by atoms with Gasteiger partial charge in [-0.3, -0.25) is 4.90 Å². The number of halogens is 5. The molecule has 0 spiro atoms. The first-order valence-electron chi connectivity index (χ1n) is 13.4. The van der Waals surface area contributed by atoms with Gasteiger partial charge in [0.05, 0.1) is 5.56 Å². The van der Waals surface area contributed by atoms with Crippen molar-refractivity contribution in [1.29, 1.82) is 0 Å². The third-order valence-electron chi connectivity index (χ3n) is 8.37. The van der Waals surface area contributed by atoms with Crippen LogP contribution in [0, 0.1) is 5.21 Å². The summed E-state index contributed by atoms with van der Waals surface area (Å²) in [6.45, 7) is 4.55. The maximum Gasteiger partial charge on any atom is 0.416 e. The Labute approximate surface area is 246 Å². The van der Waals surface area contributed by atoms with Gasteiger partial charge in [-0.05, 0) is 79.4 Å². The number of anilines is 1. The van der Waals surface area contributed by atoms with Gasteiger partial charge in [0, 0.05) is 70.9 Å². The number of hydrogen-bond donors (Lipinski definition) is 0. The van der Waals surface area contributed by atoms with Crippen LogP contribution >= 0.6 is 23.2 Å². The molecule has 1 aliphatic heterocycles. The first-order chi connectivity index (χ1) is 19.1. The van der Waals surface area contributed by atoms with Crippen LogP contribution in [0.2, 0.25) is 10.0 Å². The highest BCUT2D eigenvalue weighted by Gasteiger charge is 2.39. The summed E-state index contributed by atoms with van der Waals surface area (Å²) in [6.07, 6.45) is -3.23. The third kappa shape index (κ3) is 5.71. The first-order valence-corrected chi connectivity index (χ1v) is 14.1. The molecule has 216 valence electrons. The molecule has 3 aromatic carbocycles. The van der Waals surface area contributed by atoms with Crippen molar-refractivity contribution < 1.29 is 23.4 Å². The van der Waals surface area contributed by atoms with Crippen LogP contribution in [0.5, 0.6) is 0 Å². The molecule has 4 aromatic rings. The highest BCUT2D eigenvalue weighted by Crippen LogP contribution is 2.43. The Balaban J connectivity index is 0.00000337. The van der Waals surface area contributed by atoms with Crippen molar-refractivity contribution in [3.05, 3.63) is 110 Å². The Bertz CT molecular complexity index is 1550. The highest BCUT2D eigenvalue weighted by atomic mass is 35.5. The normalized spacial score (nSPS) is 21.4. The lowest BCUT2D eigenvalue weighted by Gasteiger charge is -2.46. The molecule has 5 nitrogen and oxygen atoms in total. The van der Waals surface area contributed by atoms with Crippen LogP contribution in [0.25, 0.3) is 10.9 Å². The lowest BCUT2D eigenvalue weighted by Crippen LogP contribution is -2.54. The van der Waals surface area contributed by atoms with Gasteiger partial charge in [0.25, 0.3) is 0 Å². The van der Waals surface area contributed by atoms with Gasteiger partial charge < -0.3 is 15.6 Å². The van der Waals surface area contributed by atoms with Crippen LogP contribution in [0.1, 0.15) is 47.7 Å². The zero-order valence-corrected chi connectivity index (χ0v) is 23.8. The van der Waals surface area contributed by atoms with Gasteiger partial charge in [0.15, 0.2) is 5.69 Å². The van der Waals surface area contributed by atoms with Crippen LogP contribution in [-0.4, -0.2) is 36.1 Å². The lowest BCUT2D eigenvalue weighted by atomic mass is 9.78. The van der Waals surface area contributed by atoms with Crippen molar-refractivity contribution >= 4 is 39.8 Å². The van der Waals surface area contributed by atoms with Crippen LogP contribution in [0.15, 0.2) is 72.8 Å². The molecule has 10 heteroatoms. The van der Waals surface area contributed by atoms with E-state index in [1.807, 2.05) is 30.3 Å². The number of alkyl halides is 3. The first kappa shape index (κ1) is 29.5. The molecular formula is C31H30Cl2F3N3O2. The molecule has 1 aliphatic carbocycles. The van der Waals surface area contributed by atoms with Crippen LogP contribution in [-0.2, 0) is 12.6 Å². The van der Waals surface area contributed by atoms with Crippen molar-refractivity contribution in [2.24, 2.45) is 0 Å². The van der Waals surface area contributed by atoms with Crippen molar-refractivity contribution in [2.45, 2.75) is 43.9 Å². The van der Waals surface area contributed by atoms with Gasteiger partial charge in [-0.2, -0.15) is 17.9 Å². The van der Waals surface area contributed by atoms with Gasteiger partial charge in [-0.1, -0.05) is 35.3 Å². The van der Waals surface area contributed by atoms with E-state index in [1.165, 1.54) is 0 Å². The number of fused-ring (bicyclic) bond motifs is 2. The van der Waals surface area contributed by atoms with Crippen molar-refractivity contribution in [1.82, 2.24) is 4.90 Å². The standard InChI is InChI=1S/C31H28Cl2F3N3O.H2O/c1-19-18-37(12-13-38(19)26-9-6-24(32)7-10-26)29-16-21(20-2-4-23(5-3-20)31(34,35)36)17-30-27(29)15-22-14-25(33)8-11-28(22)39(30)40;/h2-11,14-15,19,21,29H,12-13,16-18H2,1H3;1H2. The minimum absolute atomic E-state index is 0. The second-order valence-corrected chi connectivity index (χ2v) is 11.7. The smallest absolute Gasteiger partial charge is 0.416 e. The Morgan fingerprint density at radius 2 is 1.59 bits per heavy atom. The molecule has 0 radical (unpaired) electrons. The number of hydrogen-bond acceptors (Lipinski definition) is 3. The molecule has 41 heavy (non-hydrogen) atoms. The molecule has 0 bridgehead atoms. The van der Waals surface area contributed by atoms with E-state index in [1.54, 1.807) is 24.3 Å². The Morgan fingerprint density at radius 3 is 2.24 bits per heavy atom. The monoisotopic (exact) mass is 603 g/mol. The number of piperazine rings is 1. The minimum atomic E-state index is -4.39. The van der Waals surface area contributed by atoms with E-state index in [2.05, 4.69) is 22.8 Å². The quantitative estimate of drug-likeness (QED) is 0.188. The molecule has 0 saturated carbocycles. The van der Waals surface area contributed by atoms with Gasteiger partial charge in [-0.25, -0.2) is 0 Å². The molecule has 2 heterocycles. The number of nitrogens with zero attached hydrogens (tertiary/aromatic N) is 3. The predicted octanol–water partition coefficient (Wildman–Crippen LogP) is 6.96. The Hall–Kier alpha value is -3.04. The molecular weight excluding hydrogens is 574 g/mol. The van der Waals surface area contributed by atoms with E-state index in [0.29, 0.717) is 34.1 Å². The molecule has 1 aromatic heterocycles. The second kappa shape index (κ2) is 11.3. The van der Waals surface area contributed by atoms with Gasteiger partial charge >= 0.3 is 6.18 Å². The Morgan fingerprint density at radius 1 is 0.902 bits per heavy atom. The number of pyridine rings is 1. The lowest BCUT2D eigenvalue weighted by molar-refractivity contribution is -0.587. The van der Waals surface area contributed by atoms with Crippen LogP contribution < -0.4 is 9.63 Å². The molecule has 1 fully saturated rings. The summed E-state index contributed by atoms with van der Waals surface area (Å²) in [5, 5.41) is 15.7. The largest absolute Gasteiger partial charge is 0.618 e. The van der Waals surface area contributed by atoms with E-state index in [-0.39, 0.29) is 23.5 Å². The topological polar surface area (TPSA) is 64.9 Å². The van der Waals surface area contributed by atoms with E-state index < -0.39 is 11.7 Å². The summed E-state index contributed by atoms with van der Waals surface area (Å²) in [7, 11) is 0. The summed E-state index contributed by atoms with van der Waals surface area (Å²) in [5.74, 6) is -0.0886. The summed E-state index contributed by atoms with van der Waals surface area (Å²) >= 11 is 12.4. The average Bonchev–Trinajstić information content (AvgIpc) is 2.93. The van der Waals surface area contributed by atoms with Crippen LogP contribution in [0.3, 0.4) is 0 Å². The minimum Gasteiger partial charge on any atom is -0.618 e. The van der Waals surface area contributed by atoms with Gasteiger partial charge in [0.2, 0.25) is 5.52 Å². The fourth-order valence-corrected chi connectivity index (χ4v) is 6.68. The summed E-state index contributed by atoms with van der Waals surface area (Å²) in [6, 6.07) is 20.7. The maximum absolute atomic E-state index is 13.7. The predicted molar refractivity (Wildman–Crippen MR) is 157 cm³/mol. The summed E-state index contributed by atoms with van der Waals surface area (Å²) in [5.41, 5.74) is 3.44. The molecule has 2 N–H and O–H groups in total. The second-order valence-electron chi connectivity index (χ2n) is 10.8. The summed E-state index contributed by atoms with van der Waals surface area (Å²) in [4.78, 5) is 4.78. The molecule has 1 saturated heterocycles. The van der Waals surface area contributed by atoms with Gasteiger partial charge in [-0.15, -0.1) is 0 Å². The fraction of sp³-hybridized carbons (Fsp3) is 0.323. The van der Waals surface area contributed by atoms with E-state index >= 15 is 0 Å². The van der Waals surface area contributed by atoms with E-state index in [4.69, 9.17) is 23.2 Å². The molecule has 0 amide bonds. The van der Waals surface area contributed by atoms with E-state index in [0.717, 1.165) is 58.7 Å². The fourth-order valence-electron chi connectivity index (χ4n) is 6.37. The van der Waals surface area contributed by atoms with Crippen molar-refractivity contribution in [3.63, 3.8) is 0 Å². The highest BCUT2D eigenvalue weighted by molar-refractivity contribution is 6.31. The molecule has 3 unspecified atom stereocenters. The van der Waals surface area contributed by atoms with E-state index in [9.17, 15) is 18.4 Å².